The van der Waals surface area contributed by atoms with Crippen LogP contribution in [-0.2, 0) is 14.3 Å². The average Bonchev–Trinajstić information content (AvgIpc) is 3.03. The molecular formula is C15H16FNO4. The molecular weight excluding hydrogens is 277 g/mol. The van der Waals surface area contributed by atoms with E-state index in [9.17, 15) is 19.1 Å². The first-order valence-corrected chi connectivity index (χ1v) is 6.92. The van der Waals surface area contributed by atoms with Crippen LogP contribution >= 0.6 is 0 Å². The molecule has 21 heavy (non-hydrogen) atoms. The summed E-state index contributed by atoms with van der Waals surface area (Å²) >= 11 is 0. The molecule has 2 bridgehead atoms. The lowest BCUT2D eigenvalue weighted by molar-refractivity contribution is -0.147. The van der Waals surface area contributed by atoms with Gasteiger partial charge in [0.15, 0.2) is 0 Å². The molecule has 1 aromatic carbocycles. The van der Waals surface area contributed by atoms with Crippen LogP contribution in [0.2, 0.25) is 0 Å². The number of ether oxygens (including phenoxy) is 1. The summed E-state index contributed by atoms with van der Waals surface area (Å²) in [7, 11) is 0. The number of benzene rings is 1. The quantitative estimate of drug-likeness (QED) is 0.893. The highest BCUT2D eigenvalue weighted by molar-refractivity contribution is 5.96. The molecule has 2 aliphatic heterocycles. The minimum absolute atomic E-state index is 0.0758. The van der Waals surface area contributed by atoms with Crippen molar-refractivity contribution in [3.05, 3.63) is 29.6 Å². The Balaban J connectivity index is 1.81. The van der Waals surface area contributed by atoms with Crippen LogP contribution in [0, 0.1) is 24.6 Å². The van der Waals surface area contributed by atoms with Gasteiger partial charge in [0.05, 0.1) is 29.7 Å². The number of aliphatic carboxylic acids is 1. The Kier molecular flexibility index (Phi) is 3.41. The summed E-state index contributed by atoms with van der Waals surface area (Å²) in [4.78, 5) is 23.7. The van der Waals surface area contributed by atoms with Gasteiger partial charge in [0.1, 0.15) is 5.82 Å². The Bertz CT molecular complexity index is 603. The molecule has 0 radical (unpaired) electrons. The number of rotatable bonds is 3. The molecule has 1 aromatic rings. The number of carbonyl (C=O) groups is 2. The van der Waals surface area contributed by atoms with Crippen molar-refractivity contribution in [2.45, 2.75) is 32.0 Å². The smallest absolute Gasteiger partial charge is 0.310 e. The van der Waals surface area contributed by atoms with E-state index in [2.05, 4.69) is 5.32 Å². The van der Waals surface area contributed by atoms with Gasteiger partial charge in [-0.05, 0) is 37.5 Å². The molecule has 6 heteroatoms. The van der Waals surface area contributed by atoms with Crippen molar-refractivity contribution in [3.8, 4) is 0 Å². The van der Waals surface area contributed by atoms with Crippen LogP contribution < -0.4 is 5.32 Å². The van der Waals surface area contributed by atoms with Crippen molar-refractivity contribution < 1.29 is 23.8 Å². The highest BCUT2D eigenvalue weighted by Gasteiger charge is 2.55. The van der Waals surface area contributed by atoms with Crippen molar-refractivity contribution in [1.82, 2.24) is 0 Å². The molecule has 0 saturated carbocycles. The minimum atomic E-state index is -1.04. The third-order valence-electron chi connectivity index (χ3n) is 4.24. The van der Waals surface area contributed by atoms with Crippen LogP contribution in [0.5, 0.6) is 0 Å². The number of halogens is 1. The van der Waals surface area contributed by atoms with Gasteiger partial charge < -0.3 is 15.2 Å². The molecule has 0 spiro atoms. The van der Waals surface area contributed by atoms with Gasteiger partial charge in [-0.15, -0.1) is 0 Å². The van der Waals surface area contributed by atoms with Gasteiger partial charge >= 0.3 is 5.97 Å². The predicted octanol–water partition coefficient (Wildman–Crippen LogP) is 1.95. The number of aryl methyl sites for hydroxylation is 1. The van der Waals surface area contributed by atoms with Gasteiger partial charge in [0, 0.05) is 0 Å². The molecule has 5 nitrogen and oxygen atoms in total. The van der Waals surface area contributed by atoms with Crippen LogP contribution in [0.1, 0.15) is 18.4 Å². The van der Waals surface area contributed by atoms with Crippen molar-refractivity contribution in [2.75, 3.05) is 5.32 Å². The summed E-state index contributed by atoms with van der Waals surface area (Å²) < 4.78 is 19.2. The number of nitrogens with one attached hydrogen (secondary N) is 1. The Labute approximate surface area is 121 Å². The van der Waals surface area contributed by atoms with E-state index in [-0.39, 0.29) is 11.8 Å². The second-order valence-corrected chi connectivity index (χ2v) is 5.65. The van der Waals surface area contributed by atoms with Crippen LogP contribution in [0.3, 0.4) is 0 Å². The number of carboxylic acid groups (broad SMARTS) is 1. The van der Waals surface area contributed by atoms with Gasteiger partial charge in [-0.2, -0.15) is 0 Å². The van der Waals surface area contributed by atoms with Crippen LogP contribution in [-0.4, -0.2) is 29.2 Å². The zero-order valence-electron chi connectivity index (χ0n) is 11.5. The second-order valence-electron chi connectivity index (χ2n) is 5.65. The molecule has 4 atom stereocenters. The van der Waals surface area contributed by atoms with E-state index in [0.717, 1.165) is 5.56 Å². The van der Waals surface area contributed by atoms with E-state index in [4.69, 9.17) is 4.74 Å². The SMILES string of the molecule is Cc1ccc(F)c(NC(=O)[C@@H]2[C@@H](C(=O)O)[C@@H]3CC[C@@H]2O3)c1. The molecule has 0 aliphatic carbocycles. The zero-order valence-corrected chi connectivity index (χ0v) is 11.5. The summed E-state index contributed by atoms with van der Waals surface area (Å²) in [6, 6.07) is 4.40. The summed E-state index contributed by atoms with van der Waals surface area (Å²) in [5, 5.41) is 11.8. The number of anilines is 1. The van der Waals surface area contributed by atoms with Crippen molar-refractivity contribution >= 4 is 17.6 Å². The monoisotopic (exact) mass is 293 g/mol. The topological polar surface area (TPSA) is 75.6 Å². The zero-order chi connectivity index (χ0) is 15.1. The summed E-state index contributed by atoms with van der Waals surface area (Å²) in [6.45, 7) is 1.79. The molecule has 2 N–H and O–H groups in total. The van der Waals surface area contributed by atoms with Crippen LogP contribution in [0.4, 0.5) is 10.1 Å². The maximum atomic E-state index is 13.7. The molecule has 3 rings (SSSR count). The maximum Gasteiger partial charge on any atom is 0.310 e. The molecule has 2 aliphatic rings. The largest absolute Gasteiger partial charge is 0.481 e. The molecule has 0 aromatic heterocycles. The first-order valence-electron chi connectivity index (χ1n) is 6.92. The highest BCUT2D eigenvalue weighted by Crippen LogP contribution is 2.44. The Hall–Kier alpha value is -1.95. The molecule has 0 unspecified atom stereocenters. The third-order valence-corrected chi connectivity index (χ3v) is 4.24. The van der Waals surface area contributed by atoms with Gasteiger partial charge in [-0.1, -0.05) is 6.07 Å². The molecule has 2 fully saturated rings. The van der Waals surface area contributed by atoms with Gasteiger partial charge in [0.25, 0.3) is 0 Å². The second kappa shape index (κ2) is 5.11. The molecule has 2 heterocycles. The van der Waals surface area contributed by atoms with E-state index in [1.165, 1.54) is 12.1 Å². The summed E-state index contributed by atoms with van der Waals surface area (Å²) in [5.41, 5.74) is 0.887. The summed E-state index contributed by atoms with van der Waals surface area (Å²) in [5.74, 6) is -3.67. The standard InChI is InChI=1S/C15H16FNO4/c1-7-2-3-8(16)9(6-7)17-14(18)12-10-4-5-11(21-10)13(12)15(19)20/h2-3,6,10-13H,4-5H2,1H3,(H,17,18)(H,19,20)/t10-,11-,12-,13-/m0/s1. The Morgan fingerprint density at radius 3 is 2.62 bits per heavy atom. The normalized spacial score (nSPS) is 30.4. The lowest BCUT2D eigenvalue weighted by Crippen LogP contribution is -2.41. The lowest BCUT2D eigenvalue weighted by Gasteiger charge is -2.24. The number of hydrogen-bond donors (Lipinski definition) is 2. The van der Waals surface area contributed by atoms with E-state index in [1.807, 2.05) is 0 Å². The Morgan fingerprint density at radius 2 is 1.95 bits per heavy atom. The number of amides is 1. The van der Waals surface area contributed by atoms with Crippen LogP contribution in [0.15, 0.2) is 18.2 Å². The summed E-state index contributed by atoms with van der Waals surface area (Å²) in [6.07, 6.45) is 0.530. The van der Waals surface area contributed by atoms with E-state index in [0.29, 0.717) is 12.8 Å². The van der Waals surface area contributed by atoms with E-state index >= 15 is 0 Å². The maximum absolute atomic E-state index is 13.7. The number of carbonyl (C=O) groups excluding carboxylic acids is 1. The van der Waals surface area contributed by atoms with Crippen molar-refractivity contribution in [1.29, 1.82) is 0 Å². The average molecular weight is 293 g/mol. The minimum Gasteiger partial charge on any atom is -0.481 e. The third kappa shape index (κ3) is 2.40. The van der Waals surface area contributed by atoms with Gasteiger partial charge in [0.2, 0.25) is 5.91 Å². The fourth-order valence-corrected chi connectivity index (χ4v) is 3.28. The van der Waals surface area contributed by atoms with E-state index in [1.54, 1.807) is 13.0 Å². The van der Waals surface area contributed by atoms with Gasteiger partial charge in [-0.25, -0.2) is 4.39 Å². The fraction of sp³-hybridized carbons (Fsp3) is 0.467. The lowest BCUT2D eigenvalue weighted by atomic mass is 9.78. The van der Waals surface area contributed by atoms with Crippen molar-refractivity contribution in [2.24, 2.45) is 11.8 Å². The number of carboxylic acids is 1. The fourth-order valence-electron chi connectivity index (χ4n) is 3.28. The highest BCUT2D eigenvalue weighted by atomic mass is 19.1. The molecule has 1 amide bonds. The molecule has 112 valence electrons. The molecule has 2 saturated heterocycles. The van der Waals surface area contributed by atoms with E-state index < -0.39 is 35.6 Å². The first kappa shape index (κ1) is 14.0. The van der Waals surface area contributed by atoms with Gasteiger partial charge in [-0.3, -0.25) is 9.59 Å². The Morgan fingerprint density at radius 1 is 1.29 bits per heavy atom. The predicted molar refractivity (Wildman–Crippen MR) is 72.3 cm³/mol. The van der Waals surface area contributed by atoms with Crippen LogP contribution in [0.25, 0.3) is 0 Å². The first-order chi connectivity index (χ1) is 9.97. The number of fused-ring (bicyclic) bond motifs is 2. The van der Waals surface area contributed by atoms with Crippen molar-refractivity contribution in [3.63, 3.8) is 0 Å². The number of hydrogen-bond acceptors (Lipinski definition) is 3.